The zero-order valence-corrected chi connectivity index (χ0v) is 13.7. The lowest BCUT2D eigenvalue weighted by atomic mass is 10.1. The normalized spacial score (nSPS) is 10.8. The van der Waals surface area contributed by atoms with Crippen LogP contribution in [-0.4, -0.2) is 42.0 Å². The van der Waals surface area contributed by atoms with E-state index in [2.05, 4.69) is 25.6 Å². The molecule has 0 fully saturated rings. The van der Waals surface area contributed by atoms with E-state index < -0.39 is 0 Å². The minimum Gasteiger partial charge on any atom is -0.352 e. The SMILES string of the molecule is Cc1nc(C)n(CCCNC(=O)c2ccccc2-n2cnnc2)n1. The lowest BCUT2D eigenvalue weighted by molar-refractivity contribution is 0.0952. The topological polar surface area (TPSA) is 90.5 Å². The number of aromatic nitrogens is 6. The average Bonchev–Trinajstić information content (AvgIpc) is 3.21. The molecule has 2 heterocycles. The molecule has 3 aromatic rings. The summed E-state index contributed by atoms with van der Waals surface area (Å²) in [5, 5.41) is 14.8. The molecule has 24 heavy (non-hydrogen) atoms. The first kappa shape index (κ1) is 15.9. The van der Waals surface area contributed by atoms with Crippen LogP contribution < -0.4 is 5.32 Å². The standard InChI is InChI=1S/C16H19N7O/c1-12-20-13(2)23(21-12)9-5-8-17-16(24)14-6-3-4-7-15(14)22-10-18-19-11-22/h3-4,6-7,10-11H,5,8-9H2,1-2H3,(H,17,24). The molecule has 0 radical (unpaired) electrons. The van der Waals surface area contributed by atoms with Gasteiger partial charge in [-0.1, -0.05) is 12.1 Å². The molecule has 0 saturated carbocycles. The Labute approximate surface area is 139 Å². The van der Waals surface area contributed by atoms with Gasteiger partial charge in [-0.25, -0.2) is 4.98 Å². The first-order valence-corrected chi connectivity index (χ1v) is 7.75. The van der Waals surface area contributed by atoms with E-state index in [-0.39, 0.29) is 5.91 Å². The second kappa shape index (κ2) is 7.03. The van der Waals surface area contributed by atoms with Crippen LogP contribution in [0.15, 0.2) is 36.9 Å². The number of benzene rings is 1. The van der Waals surface area contributed by atoms with Gasteiger partial charge in [0.25, 0.3) is 5.91 Å². The van der Waals surface area contributed by atoms with Crippen molar-refractivity contribution in [2.45, 2.75) is 26.8 Å². The highest BCUT2D eigenvalue weighted by molar-refractivity contribution is 5.97. The van der Waals surface area contributed by atoms with E-state index in [1.165, 1.54) is 0 Å². The summed E-state index contributed by atoms with van der Waals surface area (Å²) < 4.78 is 3.57. The van der Waals surface area contributed by atoms with Crippen LogP contribution >= 0.6 is 0 Å². The molecule has 1 N–H and O–H groups in total. The van der Waals surface area contributed by atoms with Crippen LogP contribution in [0.4, 0.5) is 0 Å². The Balaban J connectivity index is 1.59. The Hall–Kier alpha value is -3.03. The Morgan fingerprint density at radius 3 is 2.62 bits per heavy atom. The number of hydrogen-bond donors (Lipinski definition) is 1. The number of aryl methyl sites for hydroxylation is 3. The minimum atomic E-state index is -0.120. The van der Waals surface area contributed by atoms with Crippen molar-refractivity contribution in [1.29, 1.82) is 0 Å². The summed E-state index contributed by atoms with van der Waals surface area (Å²) >= 11 is 0. The van der Waals surface area contributed by atoms with Crippen LogP contribution in [0, 0.1) is 13.8 Å². The van der Waals surface area contributed by atoms with E-state index in [9.17, 15) is 4.79 Å². The van der Waals surface area contributed by atoms with Gasteiger partial charge in [-0.2, -0.15) is 5.10 Å². The summed E-state index contributed by atoms with van der Waals surface area (Å²) in [4.78, 5) is 16.7. The number of para-hydroxylation sites is 1. The Morgan fingerprint density at radius 2 is 1.92 bits per heavy atom. The molecule has 1 aromatic carbocycles. The first-order valence-electron chi connectivity index (χ1n) is 7.75. The summed E-state index contributed by atoms with van der Waals surface area (Å²) in [7, 11) is 0. The van der Waals surface area contributed by atoms with Crippen LogP contribution in [0.1, 0.15) is 28.4 Å². The third kappa shape index (κ3) is 3.48. The Bertz CT molecular complexity index is 823. The summed E-state index contributed by atoms with van der Waals surface area (Å²) in [6, 6.07) is 7.36. The molecule has 2 aromatic heterocycles. The summed E-state index contributed by atoms with van der Waals surface area (Å²) in [6.07, 6.45) is 3.92. The summed E-state index contributed by atoms with van der Waals surface area (Å²) in [6.45, 7) is 5.08. The van der Waals surface area contributed by atoms with Gasteiger partial charge in [0, 0.05) is 13.1 Å². The van der Waals surface area contributed by atoms with Crippen molar-refractivity contribution in [2.24, 2.45) is 0 Å². The van der Waals surface area contributed by atoms with E-state index in [1.807, 2.05) is 36.7 Å². The molecule has 8 heteroatoms. The van der Waals surface area contributed by atoms with Crippen molar-refractivity contribution in [2.75, 3.05) is 6.54 Å². The molecule has 3 rings (SSSR count). The predicted octanol–water partition coefficient (Wildman–Crippen LogP) is 1.30. The number of carbonyl (C=O) groups excluding carboxylic acids is 1. The van der Waals surface area contributed by atoms with Gasteiger partial charge in [-0.3, -0.25) is 14.0 Å². The highest BCUT2D eigenvalue weighted by Gasteiger charge is 2.12. The van der Waals surface area contributed by atoms with Gasteiger partial charge in [-0.15, -0.1) is 10.2 Å². The largest absolute Gasteiger partial charge is 0.352 e. The molecule has 0 atom stereocenters. The molecule has 0 bridgehead atoms. The van der Waals surface area contributed by atoms with Crippen LogP contribution in [-0.2, 0) is 6.54 Å². The fourth-order valence-corrected chi connectivity index (χ4v) is 2.51. The quantitative estimate of drug-likeness (QED) is 0.690. The third-order valence-corrected chi connectivity index (χ3v) is 3.64. The van der Waals surface area contributed by atoms with Gasteiger partial charge < -0.3 is 5.32 Å². The first-order chi connectivity index (χ1) is 11.6. The average molecular weight is 325 g/mol. The number of rotatable bonds is 6. The fourth-order valence-electron chi connectivity index (χ4n) is 2.51. The van der Waals surface area contributed by atoms with Gasteiger partial charge in [0.2, 0.25) is 0 Å². The maximum absolute atomic E-state index is 12.4. The molecule has 0 aliphatic rings. The van der Waals surface area contributed by atoms with Gasteiger partial charge in [0.1, 0.15) is 24.3 Å². The van der Waals surface area contributed by atoms with Crippen molar-refractivity contribution < 1.29 is 4.79 Å². The highest BCUT2D eigenvalue weighted by atomic mass is 16.1. The molecule has 0 unspecified atom stereocenters. The van der Waals surface area contributed by atoms with E-state index in [4.69, 9.17) is 0 Å². The van der Waals surface area contributed by atoms with Crippen LogP contribution in [0.2, 0.25) is 0 Å². The zero-order chi connectivity index (χ0) is 16.9. The summed E-state index contributed by atoms with van der Waals surface area (Å²) in [5.41, 5.74) is 1.34. The lowest BCUT2D eigenvalue weighted by Gasteiger charge is -2.10. The highest BCUT2D eigenvalue weighted by Crippen LogP contribution is 2.13. The second-order valence-electron chi connectivity index (χ2n) is 5.43. The molecule has 8 nitrogen and oxygen atoms in total. The lowest BCUT2D eigenvalue weighted by Crippen LogP contribution is -2.26. The Kier molecular flexibility index (Phi) is 4.64. The smallest absolute Gasteiger partial charge is 0.253 e. The maximum atomic E-state index is 12.4. The van der Waals surface area contributed by atoms with E-state index in [0.717, 1.165) is 30.3 Å². The molecular weight excluding hydrogens is 306 g/mol. The second-order valence-corrected chi connectivity index (χ2v) is 5.43. The van der Waals surface area contributed by atoms with E-state index in [0.29, 0.717) is 12.1 Å². The fraction of sp³-hybridized carbons (Fsp3) is 0.312. The molecule has 1 amide bonds. The number of nitrogens with zero attached hydrogens (tertiary/aromatic N) is 6. The van der Waals surface area contributed by atoms with Crippen molar-refractivity contribution >= 4 is 5.91 Å². The molecule has 124 valence electrons. The van der Waals surface area contributed by atoms with Gasteiger partial charge in [0.05, 0.1) is 11.3 Å². The molecular formula is C16H19N7O. The molecule has 0 spiro atoms. The molecule has 0 saturated heterocycles. The zero-order valence-electron chi connectivity index (χ0n) is 13.7. The molecule has 0 aliphatic heterocycles. The van der Waals surface area contributed by atoms with Crippen LogP contribution in [0.25, 0.3) is 5.69 Å². The van der Waals surface area contributed by atoms with Crippen molar-refractivity contribution in [3.63, 3.8) is 0 Å². The summed E-state index contributed by atoms with van der Waals surface area (Å²) in [5.74, 6) is 1.53. The third-order valence-electron chi connectivity index (χ3n) is 3.64. The Morgan fingerprint density at radius 1 is 1.17 bits per heavy atom. The predicted molar refractivity (Wildman–Crippen MR) is 87.8 cm³/mol. The maximum Gasteiger partial charge on any atom is 0.253 e. The number of amides is 1. The monoisotopic (exact) mass is 325 g/mol. The number of hydrogen-bond acceptors (Lipinski definition) is 5. The minimum absolute atomic E-state index is 0.120. The van der Waals surface area contributed by atoms with E-state index >= 15 is 0 Å². The number of carbonyl (C=O) groups is 1. The van der Waals surface area contributed by atoms with Crippen molar-refractivity contribution in [3.05, 3.63) is 54.1 Å². The van der Waals surface area contributed by atoms with Crippen molar-refractivity contribution in [3.8, 4) is 5.69 Å². The molecule has 0 aliphatic carbocycles. The van der Waals surface area contributed by atoms with E-state index in [1.54, 1.807) is 23.3 Å². The number of nitrogens with one attached hydrogen (secondary N) is 1. The van der Waals surface area contributed by atoms with Crippen LogP contribution in [0.5, 0.6) is 0 Å². The van der Waals surface area contributed by atoms with Gasteiger partial charge >= 0.3 is 0 Å². The van der Waals surface area contributed by atoms with Crippen LogP contribution in [0.3, 0.4) is 0 Å². The van der Waals surface area contributed by atoms with Gasteiger partial charge in [0.15, 0.2) is 0 Å². The van der Waals surface area contributed by atoms with Gasteiger partial charge in [-0.05, 0) is 32.4 Å². The van der Waals surface area contributed by atoms with Crippen molar-refractivity contribution in [1.82, 2.24) is 34.8 Å².